The third kappa shape index (κ3) is 5.62. The van der Waals surface area contributed by atoms with Crippen molar-refractivity contribution >= 4 is 45.8 Å². The monoisotopic (exact) mass is 479 g/mol. The Morgan fingerprint density at radius 2 is 1.78 bits per heavy atom. The average Bonchev–Trinajstić information content (AvgIpc) is 3.21. The Kier molecular flexibility index (Phi) is 9.12. The van der Waals surface area contributed by atoms with Crippen LogP contribution in [0, 0.1) is 11.7 Å². The number of nitrogens with zero attached hydrogens (tertiary/aromatic N) is 3. The summed E-state index contributed by atoms with van der Waals surface area (Å²) in [6, 6.07) is 13.5. The fourth-order valence-electron chi connectivity index (χ4n) is 3.90. The zero-order chi connectivity index (χ0) is 21.1. The fraction of sp³-hybridized carbons (Fsp3) is 0.348. The van der Waals surface area contributed by atoms with Gasteiger partial charge in [0.2, 0.25) is 0 Å². The molecule has 4 rings (SSSR count). The number of carbonyl (C=O) groups excluding carboxylic acids is 2. The van der Waals surface area contributed by atoms with Gasteiger partial charge in [0.1, 0.15) is 11.5 Å². The zero-order valence-corrected chi connectivity index (χ0v) is 19.4. The van der Waals surface area contributed by atoms with Gasteiger partial charge in [-0.25, -0.2) is 4.39 Å². The lowest BCUT2D eigenvalue weighted by molar-refractivity contribution is 0.0676. The molecule has 1 fully saturated rings. The number of rotatable bonds is 5. The van der Waals surface area contributed by atoms with Gasteiger partial charge in [0, 0.05) is 37.6 Å². The minimum Gasteiger partial charge on any atom is -0.412 e. The van der Waals surface area contributed by atoms with Crippen LogP contribution in [-0.2, 0) is 0 Å². The summed E-state index contributed by atoms with van der Waals surface area (Å²) in [5.74, 6) is 0.0480. The number of hydrogen-bond donors (Lipinski definition) is 0. The van der Waals surface area contributed by atoms with Crippen LogP contribution in [0.25, 0.3) is 10.1 Å². The van der Waals surface area contributed by atoms with Gasteiger partial charge in [-0.05, 0) is 67.0 Å². The number of aromatic nitrogens is 1. The molecule has 0 radical (unpaired) electrons. The van der Waals surface area contributed by atoms with Gasteiger partial charge in [-0.1, -0.05) is 18.2 Å². The molecule has 9 heteroatoms. The third-order valence-electron chi connectivity index (χ3n) is 5.79. The number of benzene rings is 2. The lowest BCUT2D eigenvalue weighted by Gasteiger charge is -2.32. The number of hydrogen-bond acceptors (Lipinski definition) is 4. The van der Waals surface area contributed by atoms with Crippen molar-refractivity contribution in [3.8, 4) is 0 Å². The van der Waals surface area contributed by atoms with Crippen LogP contribution >= 0.6 is 23.9 Å². The second-order valence-corrected chi connectivity index (χ2v) is 8.59. The molecule has 0 atom stereocenters. The van der Waals surface area contributed by atoms with Crippen molar-refractivity contribution in [2.45, 2.75) is 19.3 Å². The molecule has 1 aliphatic rings. The zero-order valence-electron chi connectivity index (χ0n) is 17.8. The van der Waals surface area contributed by atoms with Crippen LogP contribution < -0.4 is 0 Å². The fourth-order valence-corrected chi connectivity index (χ4v) is 4.67. The molecule has 2 amide bonds. The Bertz CT molecular complexity index is 1050. The van der Waals surface area contributed by atoms with Gasteiger partial charge in [-0.2, -0.15) is 4.37 Å². The van der Waals surface area contributed by atoms with E-state index in [1.165, 1.54) is 35.8 Å². The first-order valence-electron chi connectivity index (χ1n) is 10.2. The Morgan fingerprint density at radius 3 is 2.47 bits per heavy atom. The molecule has 1 aromatic heterocycles. The second-order valence-electron chi connectivity index (χ2n) is 7.79. The highest BCUT2D eigenvalue weighted by molar-refractivity contribution is 7.13. The van der Waals surface area contributed by atoms with Crippen molar-refractivity contribution < 1.29 is 19.5 Å². The Morgan fingerprint density at radius 1 is 1.12 bits per heavy atom. The van der Waals surface area contributed by atoms with Crippen LogP contribution in [0.2, 0.25) is 0 Å². The molecule has 0 saturated carbocycles. The average molecular weight is 480 g/mol. The number of amides is 2. The highest BCUT2D eigenvalue weighted by atomic mass is 35.5. The van der Waals surface area contributed by atoms with Gasteiger partial charge >= 0.3 is 0 Å². The Balaban J connectivity index is 0.00000181. The molecule has 1 saturated heterocycles. The maximum absolute atomic E-state index is 13.1. The van der Waals surface area contributed by atoms with E-state index in [-0.39, 0.29) is 35.5 Å². The van der Waals surface area contributed by atoms with Crippen LogP contribution in [0.4, 0.5) is 4.39 Å². The van der Waals surface area contributed by atoms with Gasteiger partial charge in [-0.15, -0.1) is 12.4 Å². The molecular weight excluding hydrogens is 453 g/mol. The predicted octanol–water partition coefficient (Wildman–Crippen LogP) is 4.05. The summed E-state index contributed by atoms with van der Waals surface area (Å²) >= 11 is 1.35. The second kappa shape index (κ2) is 11.4. The van der Waals surface area contributed by atoms with Crippen LogP contribution in [0.5, 0.6) is 0 Å². The van der Waals surface area contributed by atoms with Crippen molar-refractivity contribution in [1.29, 1.82) is 0 Å². The molecule has 2 heterocycles. The lowest BCUT2D eigenvalue weighted by Crippen LogP contribution is -2.39. The highest BCUT2D eigenvalue weighted by Gasteiger charge is 2.25. The number of fused-ring (bicyclic) bond motifs is 1. The highest BCUT2D eigenvalue weighted by Crippen LogP contribution is 2.25. The molecule has 0 unspecified atom stereocenters. The standard InChI is InChI=1S/C23H24FN3O2S.ClH.H2O/c1-26(23(29)21-19-4-2-3-5-20(19)30-25-21)13-10-16-11-14-27(15-12-16)22(28)17-6-8-18(24)9-7-17;;/h2-9,16H,10-15H2,1H3;1H;1H2. The molecular formula is C23H27ClFN3O3S. The van der Waals surface area contributed by atoms with E-state index >= 15 is 0 Å². The van der Waals surface area contributed by atoms with Gasteiger partial charge in [0.25, 0.3) is 11.8 Å². The molecule has 1 aliphatic heterocycles. The van der Waals surface area contributed by atoms with E-state index in [1.54, 1.807) is 4.90 Å². The summed E-state index contributed by atoms with van der Waals surface area (Å²) in [6.45, 7) is 2.05. The van der Waals surface area contributed by atoms with Crippen molar-refractivity contribution in [2.24, 2.45) is 5.92 Å². The maximum atomic E-state index is 13.1. The number of piperidine rings is 1. The predicted molar refractivity (Wildman–Crippen MR) is 127 cm³/mol. The number of carbonyl (C=O) groups is 2. The molecule has 32 heavy (non-hydrogen) atoms. The molecule has 6 nitrogen and oxygen atoms in total. The van der Waals surface area contributed by atoms with Crippen LogP contribution in [0.3, 0.4) is 0 Å². The van der Waals surface area contributed by atoms with E-state index in [9.17, 15) is 14.0 Å². The van der Waals surface area contributed by atoms with Gasteiger partial charge < -0.3 is 15.3 Å². The quantitative estimate of drug-likeness (QED) is 0.553. The lowest BCUT2D eigenvalue weighted by atomic mass is 9.93. The van der Waals surface area contributed by atoms with Gasteiger partial charge in [-0.3, -0.25) is 9.59 Å². The molecule has 0 aliphatic carbocycles. The van der Waals surface area contributed by atoms with E-state index in [0.717, 1.165) is 29.3 Å². The summed E-state index contributed by atoms with van der Waals surface area (Å²) in [7, 11) is 1.82. The smallest absolute Gasteiger partial charge is 0.273 e. The van der Waals surface area contributed by atoms with Gasteiger partial charge in [0.05, 0.1) is 4.70 Å². The van der Waals surface area contributed by atoms with Crippen LogP contribution in [0.15, 0.2) is 48.5 Å². The van der Waals surface area contributed by atoms with Crippen LogP contribution in [0.1, 0.15) is 40.1 Å². The van der Waals surface area contributed by atoms with Crippen molar-refractivity contribution in [2.75, 3.05) is 26.7 Å². The largest absolute Gasteiger partial charge is 0.412 e. The molecule has 2 N–H and O–H groups in total. The first-order valence-corrected chi connectivity index (χ1v) is 10.9. The van der Waals surface area contributed by atoms with Crippen molar-refractivity contribution in [3.05, 3.63) is 65.6 Å². The topological polar surface area (TPSA) is 85.0 Å². The minimum absolute atomic E-state index is 0. The summed E-state index contributed by atoms with van der Waals surface area (Å²) in [6.07, 6.45) is 2.73. The number of likely N-dealkylation sites (tertiary alicyclic amines) is 1. The first-order chi connectivity index (χ1) is 14.5. The maximum Gasteiger partial charge on any atom is 0.273 e. The Hall–Kier alpha value is -2.55. The molecule has 172 valence electrons. The summed E-state index contributed by atoms with van der Waals surface area (Å²) in [5, 5.41) is 0.909. The van der Waals surface area contributed by atoms with Crippen LogP contribution in [-0.4, -0.2) is 58.1 Å². The summed E-state index contributed by atoms with van der Waals surface area (Å²) in [4.78, 5) is 28.9. The molecule has 2 aromatic carbocycles. The van der Waals surface area contributed by atoms with Crippen molar-refractivity contribution in [3.63, 3.8) is 0 Å². The Labute approximate surface area is 196 Å². The van der Waals surface area contributed by atoms with Crippen molar-refractivity contribution in [1.82, 2.24) is 14.2 Å². The van der Waals surface area contributed by atoms with E-state index in [1.807, 2.05) is 36.2 Å². The van der Waals surface area contributed by atoms with E-state index in [0.29, 0.717) is 36.8 Å². The van der Waals surface area contributed by atoms with E-state index in [2.05, 4.69) is 4.37 Å². The molecule has 3 aromatic rings. The van der Waals surface area contributed by atoms with E-state index in [4.69, 9.17) is 0 Å². The first kappa shape index (κ1) is 25.7. The third-order valence-corrected chi connectivity index (χ3v) is 6.62. The summed E-state index contributed by atoms with van der Waals surface area (Å²) < 4.78 is 18.4. The number of halogens is 2. The van der Waals surface area contributed by atoms with E-state index < -0.39 is 0 Å². The SMILES string of the molecule is CN(CCC1CCN(C(=O)c2ccc(F)cc2)CC1)C(=O)c1nsc2ccccc12.Cl.O. The molecule has 0 spiro atoms. The minimum atomic E-state index is -0.338. The molecule has 0 bridgehead atoms. The normalized spacial score (nSPS) is 13.9. The summed E-state index contributed by atoms with van der Waals surface area (Å²) in [5.41, 5.74) is 1.05. The van der Waals surface area contributed by atoms with Gasteiger partial charge in [0.15, 0.2) is 0 Å².